The Morgan fingerprint density at radius 3 is 1.44 bits per heavy atom. The van der Waals surface area contributed by atoms with E-state index in [1.807, 2.05) is 6.08 Å². The van der Waals surface area contributed by atoms with Crippen LogP contribution < -0.4 is 5.32 Å². The molecule has 0 aromatic heterocycles. The molecule has 0 aliphatic carbocycles. The Kier molecular flexibility index (Phi) is 39.2. The second kappa shape index (κ2) is 41.8. The maximum Gasteiger partial charge on any atom is 0.249 e. The fraction of sp³-hybridized carbons (Fsp3) is 0.827. The van der Waals surface area contributed by atoms with E-state index in [1.165, 1.54) is 135 Å². The lowest BCUT2D eigenvalue weighted by Gasteiger charge is -2.40. The van der Waals surface area contributed by atoms with Crippen molar-refractivity contribution in [1.82, 2.24) is 5.32 Å². The summed E-state index contributed by atoms with van der Waals surface area (Å²) in [6, 6.07) is -1.00. The lowest BCUT2D eigenvalue weighted by atomic mass is 9.99. The number of amides is 1. The van der Waals surface area contributed by atoms with E-state index >= 15 is 0 Å². The summed E-state index contributed by atoms with van der Waals surface area (Å²) in [6.07, 6.45) is 43.5. The predicted octanol–water partition coefficient (Wildman–Crippen LogP) is 10.4. The third-order valence-corrected chi connectivity index (χ3v) is 12.0. The lowest BCUT2D eigenvalue weighted by molar-refractivity contribution is -0.302. The van der Waals surface area contributed by atoms with E-state index in [2.05, 4.69) is 55.6 Å². The molecule has 1 aliphatic heterocycles. The maximum absolute atomic E-state index is 13.1. The molecule has 0 aromatic rings. The van der Waals surface area contributed by atoms with Gasteiger partial charge < -0.3 is 45.4 Å². The van der Waals surface area contributed by atoms with Crippen LogP contribution in [-0.2, 0) is 14.3 Å². The standard InChI is InChI=1S/C52H95NO9/c1-3-5-7-9-11-13-15-17-18-19-20-21-22-23-24-25-26-27-29-31-33-35-37-39-41-46(56)51(60)53-44(43-61-52-50(59)49(58)48(57)47(42-54)62-52)45(55)40-38-36-34-32-30-28-16-14-12-10-8-6-4-2/h12,14,23-24,30,32,38,40,44-50,52,54-59H,3-11,13,15-22,25-29,31,33-37,39,41-43H2,1-2H3,(H,53,60)/b14-12+,24-23-,32-30+,40-38+. The first-order chi connectivity index (χ1) is 30.3. The normalized spacial score (nSPS) is 21.2. The van der Waals surface area contributed by atoms with Gasteiger partial charge in [0.1, 0.15) is 30.5 Å². The SMILES string of the molecule is CCCCC/C=C/CC/C=C/CC/C=C/C(O)C(COC1OC(CO)C(O)C(O)C1O)NC(=O)C(O)CCCCCCCCCC/C=C\CCCCCCCCCCCCCC. The Balaban J connectivity index is 2.32. The Morgan fingerprint density at radius 1 is 0.548 bits per heavy atom. The molecule has 0 saturated carbocycles. The molecule has 10 nitrogen and oxygen atoms in total. The monoisotopic (exact) mass is 878 g/mol. The van der Waals surface area contributed by atoms with Crippen molar-refractivity contribution in [3.05, 3.63) is 48.6 Å². The van der Waals surface area contributed by atoms with Crippen molar-refractivity contribution in [2.45, 2.75) is 262 Å². The Labute approximate surface area is 378 Å². The lowest BCUT2D eigenvalue weighted by Crippen LogP contribution is -2.60. The molecule has 0 spiro atoms. The zero-order valence-electron chi connectivity index (χ0n) is 39.5. The topological polar surface area (TPSA) is 169 Å². The molecule has 0 aromatic carbocycles. The van der Waals surface area contributed by atoms with Gasteiger partial charge in [-0.3, -0.25) is 4.79 Å². The van der Waals surface area contributed by atoms with Crippen LogP contribution in [0.1, 0.15) is 213 Å². The summed E-state index contributed by atoms with van der Waals surface area (Å²) in [5, 5.41) is 64.7. The number of rotatable bonds is 42. The van der Waals surface area contributed by atoms with E-state index in [4.69, 9.17) is 9.47 Å². The van der Waals surface area contributed by atoms with Gasteiger partial charge in [0, 0.05) is 0 Å². The van der Waals surface area contributed by atoms with Crippen LogP contribution in [0, 0.1) is 0 Å². The van der Waals surface area contributed by atoms with Gasteiger partial charge in [-0.2, -0.15) is 0 Å². The molecule has 1 saturated heterocycles. The molecule has 1 heterocycles. The van der Waals surface area contributed by atoms with E-state index in [1.54, 1.807) is 6.08 Å². The van der Waals surface area contributed by atoms with E-state index in [9.17, 15) is 35.4 Å². The fourth-order valence-corrected chi connectivity index (χ4v) is 7.78. The number of aliphatic hydroxyl groups excluding tert-OH is 6. The molecular formula is C52H95NO9. The van der Waals surface area contributed by atoms with Gasteiger partial charge in [-0.05, 0) is 70.6 Å². The first kappa shape index (κ1) is 58.1. The molecule has 62 heavy (non-hydrogen) atoms. The van der Waals surface area contributed by atoms with Gasteiger partial charge in [0.2, 0.25) is 5.91 Å². The highest BCUT2D eigenvalue weighted by molar-refractivity contribution is 5.80. The van der Waals surface area contributed by atoms with E-state index < -0.39 is 61.5 Å². The van der Waals surface area contributed by atoms with E-state index in [0.29, 0.717) is 19.3 Å². The maximum atomic E-state index is 13.1. The van der Waals surface area contributed by atoms with Crippen LogP contribution in [0.25, 0.3) is 0 Å². The average Bonchev–Trinajstić information content (AvgIpc) is 3.27. The van der Waals surface area contributed by atoms with Crippen LogP contribution in [0.3, 0.4) is 0 Å². The van der Waals surface area contributed by atoms with Crippen LogP contribution >= 0.6 is 0 Å². The number of unbranched alkanes of at least 4 members (excludes halogenated alkanes) is 25. The molecule has 1 aliphatic rings. The van der Waals surface area contributed by atoms with Crippen LogP contribution in [0.2, 0.25) is 0 Å². The number of carbonyl (C=O) groups excluding carboxylic acids is 1. The molecule has 8 atom stereocenters. The van der Waals surface area contributed by atoms with Gasteiger partial charge in [0.05, 0.1) is 25.4 Å². The third kappa shape index (κ3) is 31.1. The number of ether oxygens (including phenoxy) is 2. The zero-order valence-corrected chi connectivity index (χ0v) is 39.5. The van der Waals surface area contributed by atoms with Gasteiger partial charge in [0.15, 0.2) is 6.29 Å². The highest BCUT2D eigenvalue weighted by Gasteiger charge is 2.44. The fourth-order valence-electron chi connectivity index (χ4n) is 7.78. The number of aliphatic hydroxyl groups is 6. The van der Waals surface area contributed by atoms with Crippen molar-refractivity contribution in [3.63, 3.8) is 0 Å². The summed E-state index contributed by atoms with van der Waals surface area (Å²) in [5.41, 5.74) is 0. The number of hydrogen-bond acceptors (Lipinski definition) is 9. The quantitative estimate of drug-likeness (QED) is 0.0233. The average molecular weight is 878 g/mol. The molecular weight excluding hydrogens is 783 g/mol. The van der Waals surface area contributed by atoms with Gasteiger partial charge in [-0.15, -0.1) is 0 Å². The Hall–Kier alpha value is -1.89. The minimum Gasteiger partial charge on any atom is -0.394 e. The minimum absolute atomic E-state index is 0.296. The van der Waals surface area contributed by atoms with E-state index in [0.717, 1.165) is 44.9 Å². The molecule has 362 valence electrons. The summed E-state index contributed by atoms with van der Waals surface area (Å²) in [7, 11) is 0. The molecule has 1 fully saturated rings. The summed E-state index contributed by atoms with van der Waals surface area (Å²) in [6.45, 7) is 3.55. The van der Waals surface area contributed by atoms with Gasteiger partial charge in [0.25, 0.3) is 0 Å². The summed E-state index contributed by atoms with van der Waals surface area (Å²) < 4.78 is 11.1. The molecule has 0 bridgehead atoms. The molecule has 0 radical (unpaired) electrons. The smallest absolute Gasteiger partial charge is 0.249 e. The second-order valence-electron chi connectivity index (χ2n) is 17.7. The number of carbonyl (C=O) groups is 1. The molecule has 8 unspecified atom stereocenters. The predicted molar refractivity (Wildman–Crippen MR) is 255 cm³/mol. The van der Waals surface area contributed by atoms with Crippen molar-refractivity contribution in [2.75, 3.05) is 13.2 Å². The third-order valence-electron chi connectivity index (χ3n) is 12.0. The molecule has 7 N–H and O–H groups in total. The van der Waals surface area contributed by atoms with Crippen LogP contribution in [0.5, 0.6) is 0 Å². The number of hydrogen-bond donors (Lipinski definition) is 7. The summed E-state index contributed by atoms with van der Waals surface area (Å²) >= 11 is 0. The van der Waals surface area contributed by atoms with Crippen molar-refractivity contribution >= 4 is 5.91 Å². The molecule has 1 amide bonds. The van der Waals surface area contributed by atoms with Gasteiger partial charge in [-0.25, -0.2) is 0 Å². The van der Waals surface area contributed by atoms with E-state index in [-0.39, 0.29) is 6.61 Å². The largest absolute Gasteiger partial charge is 0.394 e. The number of allylic oxidation sites excluding steroid dienone is 7. The Morgan fingerprint density at radius 2 is 0.952 bits per heavy atom. The van der Waals surface area contributed by atoms with Crippen LogP contribution in [0.4, 0.5) is 0 Å². The minimum atomic E-state index is -1.62. The van der Waals surface area contributed by atoms with Crippen LogP contribution in [0.15, 0.2) is 48.6 Å². The van der Waals surface area contributed by atoms with Crippen molar-refractivity contribution in [1.29, 1.82) is 0 Å². The first-order valence-electron chi connectivity index (χ1n) is 25.5. The molecule has 1 rings (SSSR count). The Bertz CT molecular complexity index is 1130. The van der Waals surface area contributed by atoms with Gasteiger partial charge >= 0.3 is 0 Å². The molecule has 10 heteroatoms. The summed E-state index contributed by atoms with van der Waals surface area (Å²) in [5.74, 6) is -0.634. The van der Waals surface area contributed by atoms with Gasteiger partial charge in [-0.1, -0.05) is 191 Å². The zero-order chi connectivity index (χ0) is 45.3. The van der Waals surface area contributed by atoms with Crippen LogP contribution in [-0.4, -0.2) is 98.7 Å². The first-order valence-corrected chi connectivity index (χ1v) is 25.5. The van der Waals surface area contributed by atoms with Crippen molar-refractivity contribution in [3.8, 4) is 0 Å². The summed E-state index contributed by atoms with van der Waals surface area (Å²) in [4.78, 5) is 13.1. The number of nitrogens with one attached hydrogen (secondary N) is 1. The van der Waals surface area contributed by atoms with Crippen molar-refractivity contribution < 1.29 is 44.9 Å². The van der Waals surface area contributed by atoms with Crippen molar-refractivity contribution in [2.24, 2.45) is 0 Å². The highest BCUT2D eigenvalue weighted by Crippen LogP contribution is 2.23. The highest BCUT2D eigenvalue weighted by atomic mass is 16.7. The second-order valence-corrected chi connectivity index (χ2v) is 17.7.